The standard InChI is InChI=1S/C10H6N2/c1-2-8-4-3-5-9-6-11-7-12-10(8)9/h1,3-7H. The highest BCUT2D eigenvalue weighted by Crippen LogP contribution is 2.12. The second-order valence-electron chi connectivity index (χ2n) is 2.41. The van der Waals surface area contributed by atoms with E-state index in [1.807, 2.05) is 18.2 Å². The zero-order chi connectivity index (χ0) is 8.39. The summed E-state index contributed by atoms with van der Waals surface area (Å²) in [6.45, 7) is 0. The Balaban J connectivity index is 2.91. The highest BCUT2D eigenvalue weighted by molar-refractivity contribution is 5.83. The van der Waals surface area contributed by atoms with E-state index in [1.165, 1.54) is 6.33 Å². The molecule has 0 aliphatic heterocycles. The number of terminal acetylenes is 1. The van der Waals surface area contributed by atoms with Crippen molar-refractivity contribution in [1.82, 2.24) is 9.97 Å². The lowest BCUT2D eigenvalue weighted by molar-refractivity contribution is 1.22. The summed E-state index contributed by atoms with van der Waals surface area (Å²) in [5.41, 5.74) is 1.66. The van der Waals surface area contributed by atoms with Gasteiger partial charge in [-0.2, -0.15) is 0 Å². The first-order valence-electron chi connectivity index (χ1n) is 3.57. The van der Waals surface area contributed by atoms with Crippen LogP contribution < -0.4 is 0 Å². The lowest BCUT2D eigenvalue weighted by atomic mass is 10.1. The van der Waals surface area contributed by atoms with Crippen molar-refractivity contribution in [1.29, 1.82) is 0 Å². The fourth-order valence-electron chi connectivity index (χ4n) is 1.13. The minimum atomic E-state index is 0.815. The Bertz CT molecular complexity index is 449. The van der Waals surface area contributed by atoms with E-state index in [-0.39, 0.29) is 0 Å². The van der Waals surface area contributed by atoms with Crippen LogP contribution in [0.5, 0.6) is 0 Å². The van der Waals surface area contributed by atoms with Crippen LogP contribution in [0.15, 0.2) is 30.7 Å². The van der Waals surface area contributed by atoms with Gasteiger partial charge >= 0.3 is 0 Å². The van der Waals surface area contributed by atoms with Crippen LogP contribution in [0.25, 0.3) is 10.9 Å². The Morgan fingerprint density at radius 2 is 2.25 bits per heavy atom. The molecule has 0 atom stereocenters. The number of hydrogen-bond acceptors (Lipinski definition) is 2. The molecule has 2 rings (SSSR count). The van der Waals surface area contributed by atoms with Crippen molar-refractivity contribution in [2.45, 2.75) is 0 Å². The van der Waals surface area contributed by atoms with E-state index in [2.05, 4.69) is 15.9 Å². The zero-order valence-electron chi connectivity index (χ0n) is 6.36. The van der Waals surface area contributed by atoms with Crippen molar-refractivity contribution in [3.8, 4) is 12.3 Å². The molecular weight excluding hydrogens is 148 g/mol. The number of para-hydroxylation sites is 1. The maximum atomic E-state index is 5.31. The maximum absolute atomic E-state index is 5.31. The van der Waals surface area contributed by atoms with Gasteiger partial charge in [0, 0.05) is 11.6 Å². The average Bonchev–Trinajstić information content (AvgIpc) is 2.17. The van der Waals surface area contributed by atoms with Crippen LogP contribution in [0.1, 0.15) is 5.56 Å². The largest absolute Gasteiger partial charge is 0.244 e. The third-order valence-corrected chi connectivity index (χ3v) is 1.69. The minimum Gasteiger partial charge on any atom is -0.244 e. The van der Waals surface area contributed by atoms with Crippen LogP contribution in [-0.2, 0) is 0 Å². The molecule has 0 bridgehead atoms. The van der Waals surface area contributed by atoms with Crippen LogP contribution in [-0.4, -0.2) is 9.97 Å². The molecule has 2 nitrogen and oxygen atoms in total. The third-order valence-electron chi connectivity index (χ3n) is 1.69. The van der Waals surface area contributed by atoms with Crippen LogP contribution >= 0.6 is 0 Å². The summed E-state index contributed by atoms with van der Waals surface area (Å²) in [7, 11) is 0. The zero-order valence-corrected chi connectivity index (χ0v) is 6.36. The van der Waals surface area contributed by atoms with E-state index in [0.717, 1.165) is 16.5 Å². The van der Waals surface area contributed by atoms with E-state index in [9.17, 15) is 0 Å². The van der Waals surface area contributed by atoms with Crippen molar-refractivity contribution in [3.05, 3.63) is 36.3 Å². The number of fused-ring (bicyclic) bond motifs is 1. The highest BCUT2D eigenvalue weighted by Gasteiger charge is 1.96. The van der Waals surface area contributed by atoms with E-state index in [1.54, 1.807) is 6.20 Å². The molecule has 0 unspecified atom stereocenters. The van der Waals surface area contributed by atoms with Crippen molar-refractivity contribution < 1.29 is 0 Å². The minimum absolute atomic E-state index is 0.815. The van der Waals surface area contributed by atoms with Crippen molar-refractivity contribution >= 4 is 10.9 Å². The monoisotopic (exact) mass is 154 g/mol. The molecule has 2 heteroatoms. The number of rotatable bonds is 0. The Kier molecular flexibility index (Phi) is 1.49. The first kappa shape index (κ1) is 6.81. The van der Waals surface area contributed by atoms with Gasteiger partial charge in [-0.25, -0.2) is 9.97 Å². The molecule has 12 heavy (non-hydrogen) atoms. The molecule has 0 fully saturated rings. The van der Waals surface area contributed by atoms with Gasteiger partial charge in [0.1, 0.15) is 6.33 Å². The summed E-state index contributed by atoms with van der Waals surface area (Å²) in [4.78, 5) is 8.01. The normalized spacial score (nSPS) is 9.58. The molecule has 0 saturated carbocycles. The van der Waals surface area contributed by atoms with Gasteiger partial charge in [-0.1, -0.05) is 18.1 Å². The average molecular weight is 154 g/mol. The summed E-state index contributed by atoms with van der Waals surface area (Å²) in [5.74, 6) is 2.58. The number of hydrogen-bond donors (Lipinski definition) is 0. The summed E-state index contributed by atoms with van der Waals surface area (Å²) in [5, 5.41) is 0.980. The molecule has 1 heterocycles. The molecule has 56 valence electrons. The predicted molar refractivity (Wildman–Crippen MR) is 47.5 cm³/mol. The van der Waals surface area contributed by atoms with Gasteiger partial charge in [-0.05, 0) is 6.07 Å². The molecule has 0 saturated heterocycles. The van der Waals surface area contributed by atoms with Gasteiger partial charge in [0.2, 0.25) is 0 Å². The second kappa shape index (κ2) is 2.63. The molecule has 1 aromatic carbocycles. The van der Waals surface area contributed by atoms with Gasteiger partial charge < -0.3 is 0 Å². The Labute approximate surface area is 70.3 Å². The molecule has 0 radical (unpaired) electrons. The van der Waals surface area contributed by atoms with Gasteiger partial charge in [-0.3, -0.25) is 0 Å². The Morgan fingerprint density at radius 1 is 1.33 bits per heavy atom. The summed E-state index contributed by atoms with van der Waals surface area (Å²) >= 11 is 0. The number of benzene rings is 1. The first-order chi connectivity index (χ1) is 5.92. The predicted octanol–water partition coefficient (Wildman–Crippen LogP) is 1.61. The van der Waals surface area contributed by atoms with E-state index in [4.69, 9.17) is 6.42 Å². The molecule has 1 aromatic heterocycles. The summed E-state index contributed by atoms with van der Waals surface area (Å²) < 4.78 is 0. The van der Waals surface area contributed by atoms with Gasteiger partial charge in [0.15, 0.2) is 0 Å². The second-order valence-corrected chi connectivity index (χ2v) is 2.41. The van der Waals surface area contributed by atoms with E-state index in [0.29, 0.717) is 0 Å². The van der Waals surface area contributed by atoms with Crippen LogP contribution in [0.2, 0.25) is 0 Å². The summed E-state index contributed by atoms with van der Waals surface area (Å²) in [6.07, 6.45) is 8.56. The first-order valence-corrected chi connectivity index (χ1v) is 3.57. The van der Waals surface area contributed by atoms with Gasteiger partial charge in [0.25, 0.3) is 0 Å². The Morgan fingerprint density at radius 3 is 3.08 bits per heavy atom. The lowest BCUT2D eigenvalue weighted by Gasteiger charge is -1.96. The summed E-state index contributed by atoms with van der Waals surface area (Å²) in [6, 6.07) is 5.71. The van der Waals surface area contributed by atoms with Gasteiger partial charge in [-0.15, -0.1) is 6.42 Å². The third kappa shape index (κ3) is 0.923. The molecule has 0 amide bonds. The quantitative estimate of drug-likeness (QED) is 0.539. The Hall–Kier alpha value is -1.88. The molecule has 2 aromatic rings. The topological polar surface area (TPSA) is 25.8 Å². The maximum Gasteiger partial charge on any atom is 0.116 e. The smallest absolute Gasteiger partial charge is 0.116 e. The van der Waals surface area contributed by atoms with Crippen LogP contribution in [0, 0.1) is 12.3 Å². The SMILES string of the molecule is C#Cc1cccc2cncnc12. The molecule has 0 aliphatic carbocycles. The van der Waals surface area contributed by atoms with Crippen LogP contribution in [0.4, 0.5) is 0 Å². The lowest BCUT2D eigenvalue weighted by Crippen LogP contribution is -1.84. The van der Waals surface area contributed by atoms with E-state index < -0.39 is 0 Å². The number of aromatic nitrogens is 2. The highest BCUT2D eigenvalue weighted by atomic mass is 14.8. The van der Waals surface area contributed by atoms with Crippen molar-refractivity contribution in [2.75, 3.05) is 0 Å². The fourth-order valence-corrected chi connectivity index (χ4v) is 1.13. The van der Waals surface area contributed by atoms with Crippen molar-refractivity contribution in [3.63, 3.8) is 0 Å². The molecule has 0 aliphatic rings. The van der Waals surface area contributed by atoms with Crippen molar-refractivity contribution in [2.24, 2.45) is 0 Å². The van der Waals surface area contributed by atoms with E-state index >= 15 is 0 Å². The molecular formula is C10H6N2. The van der Waals surface area contributed by atoms with Crippen LogP contribution in [0.3, 0.4) is 0 Å². The molecule has 0 spiro atoms. The fraction of sp³-hybridized carbons (Fsp3) is 0. The molecule has 0 N–H and O–H groups in total. The van der Waals surface area contributed by atoms with Gasteiger partial charge in [0.05, 0.1) is 11.1 Å². The number of nitrogens with zero attached hydrogens (tertiary/aromatic N) is 2.